The van der Waals surface area contributed by atoms with Gasteiger partial charge in [0.1, 0.15) is 0 Å². The third kappa shape index (κ3) is 4.25. The summed E-state index contributed by atoms with van der Waals surface area (Å²) in [6.45, 7) is 4.30. The van der Waals surface area contributed by atoms with Gasteiger partial charge < -0.3 is 9.64 Å². The van der Waals surface area contributed by atoms with Crippen molar-refractivity contribution in [3.05, 3.63) is 28.8 Å². The van der Waals surface area contributed by atoms with E-state index in [1.54, 1.807) is 18.7 Å². The number of amides is 2. The number of ether oxygens (including phenoxy) is 1. The molecule has 0 N–H and O–H groups in total. The van der Waals surface area contributed by atoms with Gasteiger partial charge in [0.15, 0.2) is 0 Å². The summed E-state index contributed by atoms with van der Waals surface area (Å²) in [7, 11) is -3.75. The predicted octanol–water partition coefficient (Wildman–Crippen LogP) is 2.07. The van der Waals surface area contributed by atoms with Crippen LogP contribution in [0.5, 0.6) is 0 Å². The molecular formula is C19H23ClN2O6S. The van der Waals surface area contributed by atoms with Crippen LogP contribution in [-0.4, -0.2) is 56.6 Å². The molecule has 0 saturated carbocycles. The van der Waals surface area contributed by atoms with Gasteiger partial charge in [-0.15, -0.1) is 0 Å². The van der Waals surface area contributed by atoms with Crippen molar-refractivity contribution in [2.75, 3.05) is 29.8 Å². The Morgan fingerprint density at radius 1 is 1.31 bits per heavy atom. The highest BCUT2D eigenvalue weighted by Crippen LogP contribution is 2.32. The molecular weight excluding hydrogens is 420 g/mol. The number of sulfonamides is 1. The molecule has 10 heteroatoms. The number of benzene rings is 1. The van der Waals surface area contributed by atoms with Crippen LogP contribution in [-0.2, 0) is 24.3 Å². The van der Waals surface area contributed by atoms with Crippen LogP contribution >= 0.6 is 11.6 Å². The molecule has 2 aliphatic heterocycles. The monoisotopic (exact) mass is 442 g/mol. The summed E-state index contributed by atoms with van der Waals surface area (Å²) in [6, 6.07) is 4.13. The number of rotatable bonds is 4. The van der Waals surface area contributed by atoms with E-state index in [1.165, 1.54) is 18.2 Å². The van der Waals surface area contributed by atoms with Gasteiger partial charge in [0.25, 0.3) is 5.91 Å². The summed E-state index contributed by atoms with van der Waals surface area (Å²) in [5.41, 5.74) is 0.306. The molecule has 1 aromatic carbocycles. The highest BCUT2D eigenvalue weighted by Gasteiger charge is 2.42. The van der Waals surface area contributed by atoms with Gasteiger partial charge in [-0.2, -0.15) is 0 Å². The second-order valence-electron chi connectivity index (χ2n) is 7.29. The van der Waals surface area contributed by atoms with Crippen LogP contribution in [0.4, 0.5) is 5.69 Å². The number of anilines is 1. The molecule has 0 radical (unpaired) electrons. The molecule has 2 heterocycles. The maximum absolute atomic E-state index is 12.9. The van der Waals surface area contributed by atoms with Gasteiger partial charge in [-0.25, -0.2) is 12.7 Å². The van der Waals surface area contributed by atoms with Crippen molar-refractivity contribution in [1.82, 2.24) is 4.90 Å². The SMILES string of the molecule is CCOC(=O)C1CCCN(C(=O)c2ccc(N3C(=O)C(C)CS3(=O)=O)cc2Cl)C1. The van der Waals surface area contributed by atoms with E-state index in [0.717, 1.165) is 4.31 Å². The Morgan fingerprint density at radius 3 is 2.62 bits per heavy atom. The van der Waals surface area contributed by atoms with E-state index >= 15 is 0 Å². The van der Waals surface area contributed by atoms with Gasteiger partial charge >= 0.3 is 5.97 Å². The van der Waals surface area contributed by atoms with Crippen LogP contribution in [0, 0.1) is 11.8 Å². The van der Waals surface area contributed by atoms with Crippen molar-refractivity contribution < 1.29 is 27.5 Å². The average molecular weight is 443 g/mol. The Hall–Kier alpha value is -2.13. The number of halogens is 1. The fourth-order valence-electron chi connectivity index (χ4n) is 3.68. The second kappa shape index (κ2) is 8.31. The lowest BCUT2D eigenvalue weighted by Gasteiger charge is -2.31. The van der Waals surface area contributed by atoms with E-state index in [2.05, 4.69) is 0 Å². The molecule has 1 aromatic rings. The highest BCUT2D eigenvalue weighted by molar-refractivity contribution is 7.94. The van der Waals surface area contributed by atoms with Crippen molar-refractivity contribution >= 4 is 45.1 Å². The third-order valence-corrected chi connectivity index (χ3v) is 7.29. The Kier molecular flexibility index (Phi) is 6.19. The lowest BCUT2D eigenvalue weighted by Crippen LogP contribution is -2.43. The van der Waals surface area contributed by atoms with E-state index in [1.807, 2.05) is 0 Å². The summed E-state index contributed by atoms with van der Waals surface area (Å²) in [4.78, 5) is 38.7. The third-order valence-electron chi connectivity index (χ3n) is 5.11. The molecule has 3 rings (SSSR count). The molecule has 2 unspecified atom stereocenters. The van der Waals surface area contributed by atoms with Crippen molar-refractivity contribution in [2.45, 2.75) is 26.7 Å². The number of hydrogen-bond acceptors (Lipinski definition) is 6. The first-order valence-electron chi connectivity index (χ1n) is 9.48. The van der Waals surface area contributed by atoms with Crippen LogP contribution in [0.15, 0.2) is 18.2 Å². The quantitative estimate of drug-likeness (QED) is 0.661. The number of carbonyl (C=O) groups excluding carboxylic acids is 3. The number of piperidine rings is 1. The Balaban J connectivity index is 1.81. The topological polar surface area (TPSA) is 101 Å². The summed E-state index contributed by atoms with van der Waals surface area (Å²) in [5, 5.41) is 0.0494. The minimum Gasteiger partial charge on any atom is -0.466 e. The maximum atomic E-state index is 12.9. The van der Waals surface area contributed by atoms with E-state index in [-0.39, 0.29) is 53.0 Å². The van der Waals surface area contributed by atoms with Crippen LogP contribution in [0.3, 0.4) is 0 Å². The van der Waals surface area contributed by atoms with E-state index < -0.39 is 21.8 Å². The van der Waals surface area contributed by atoms with Gasteiger partial charge in [0, 0.05) is 13.1 Å². The van der Waals surface area contributed by atoms with Crippen molar-refractivity contribution in [3.8, 4) is 0 Å². The average Bonchev–Trinajstić information content (AvgIpc) is 2.88. The minimum atomic E-state index is -3.75. The zero-order valence-corrected chi connectivity index (χ0v) is 17.8. The number of hydrogen-bond donors (Lipinski definition) is 0. The lowest BCUT2D eigenvalue weighted by atomic mass is 9.97. The van der Waals surface area contributed by atoms with Crippen molar-refractivity contribution in [2.24, 2.45) is 11.8 Å². The Morgan fingerprint density at radius 2 is 2.03 bits per heavy atom. The largest absolute Gasteiger partial charge is 0.466 e. The van der Waals surface area contributed by atoms with Crippen molar-refractivity contribution in [1.29, 1.82) is 0 Å². The first kappa shape index (κ1) is 21.6. The maximum Gasteiger partial charge on any atom is 0.310 e. The zero-order valence-electron chi connectivity index (χ0n) is 16.3. The zero-order chi connectivity index (χ0) is 21.3. The molecule has 2 saturated heterocycles. The van der Waals surface area contributed by atoms with Crippen LogP contribution in [0.2, 0.25) is 5.02 Å². The van der Waals surface area contributed by atoms with Crippen LogP contribution < -0.4 is 4.31 Å². The number of nitrogens with zero attached hydrogens (tertiary/aromatic N) is 2. The van der Waals surface area contributed by atoms with E-state index in [4.69, 9.17) is 16.3 Å². The molecule has 0 bridgehead atoms. The van der Waals surface area contributed by atoms with E-state index in [9.17, 15) is 22.8 Å². The molecule has 0 spiro atoms. The fraction of sp³-hybridized carbons (Fsp3) is 0.526. The van der Waals surface area contributed by atoms with Gasteiger partial charge in [-0.3, -0.25) is 14.4 Å². The lowest BCUT2D eigenvalue weighted by molar-refractivity contribution is -0.149. The minimum absolute atomic E-state index is 0.0494. The Bertz CT molecular complexity index is 948. The standard InChI is InChI=1S/C19H23ClN2O6S/c1-3-28-19(25)13-5-4-8-21(10-13)18(24)15-7-6-14(9-16(15)20)22-17(23)12(2)11-29(22,26)27/h6-7,9,12-13H,3-5,8,10-11H2,1-2H3. The molecule has 2 fully saturated rings. The molecule has 8 nitrogen and oxygen atoms in total. The number of carbonyl (C=O) groups is 3. The van der Waals surface area contributed by atoms with Gasteiger partial charge in [0.2, 0.25) is 15.9 Å². The van der Waals surface area contributed by atoms with Gasteiger partial charge in [0.05, 0.1) is 40.5 Å². The molecule has 2 atom stereocenters. The second-order valence-corrected chi connectivity index (χ2v) is 9.56. The number of likely N-dealkylation sites (tertiary alicyclic amines) is 1. The molecule has 0 aliphatic carbocycles. The number of esters is 1. The molecule has 29 heavy (non-hydrogen) atoms. The van der Waals surface area contributed by atoms with Crippen LogP contribution in [0.25, 0.3) is 0 Å². The fourth-order valence-corrected chi connectivity index (χ4v) is 5.74. The summed E-state index contributed by atoms with van der Waals surface area (Å²) in [5.74, 6) is -2.45. The Labute approximate surface area is 174 Å². The summed E-state index contributed by atoms with van der Waals surface area (Å²) >= 11 is 6.28. The highest BCUT2D eigenvalue weighted by atomic mass is 35.5. The van der Waals surface area contributed by atoms with E-state index in [0.29, 0.717) is 19.4 Å². The van der Waals surface area contributed by atoms with Gasteiger partial charge in [-0.1, -0.05) is 18.5 Å². The molecule has 2 amide bonds. The summed E-state index contributed by atoms with van der Waals surface area (Å²) in [6.07, 6.45) is 1.33. The van der Waals surface area contributed by atoms with Gasteiger partial charge in [-0.05, 0) is 38.0 Å². The first-order chi connectivity index (χ1) is 13.7. The molecule has 2 aliphatic rings. The smallest absolute Gasteiger partial charge is 0.310 e. The predicted molar refractivity (Wildman–Crippen MR) is 107 cm³/mol. The molecule has 0 aromatic heterocycles. The first-order valence-corrected chi connectivity index (χ1v) is 11.5. The van der Waals surface area contributed by atoms with Crippen molar-refractivity contribution in [3.63, 3.8) is 0 Å². The van der Waals surface area contributed by atoms with Crippen LogP contribution in [0.1, 0.15) is 37.0 Å². The molecule has 158 valence electrons. The summed E-state index contributed by atoms with van der Waals surface area (Å²) < 4.78 is 30.3. The normalized spacial score (nSPS) is 23.9.